The molecule has 1 saturated heterocycles. The van der Waals surface area contributed by atoms with Crippen molar-refractivity contribution in [2.45, 2.75) is 38.9 Å². The summed E-state index contributed by atoms with van der Waals surface area (Å²) in [6.45, 7) is 7.68. The largest absolute Gasteiger partial charge is 0.497 e. The van der Waals surface area contributed by atoms with Gasteiger partial charge in [-0.25, -0.2) is 4.39 Å². The van der Waals surface area contributed by atoms with Crippen LogP contribution in [0.3, 0.4) is 0 Å². The standard InChI is InChI=1S/C12H14BClFO2/c1-11(2)12(3,4)17-13(16-11)9-6-5-8(14)7-10(9)15/h6-7H,1-4H3. The molecular formula is C12H14BClFO2. The van der Waals surface area contributed by atoms with Gasteiger partial charge in [0, 0.05) is 11.5 Å². The molecule has 0 unspecified atom stereocenters. The number of rotatable bonds is 1. The Bertz CT molecular complexity index is 432. The van der Waals surface area contributed by atoms with E-state index in [1.165, 1.54) is 12.1 Å². The van der Waals surface area contributed by atoms with Gasteiger partial charge in [-0.15, -0.1) is 0 Å². The Morgan fingerprint density at radius 2 is 1.76 bits per heavy atom. The van der Waals surface area contributed by atoms with E-state index < -0.39 is 24.1 Å². The summed E-state index contributed by atoms with van der Waals surface area (Å²) in [7, 11) is -0.714. The lowest BCUT2D eigenvalue weighted by Crippen LogP contribution is -2.41. The van der Waals surface area contributed by atoms with Gasteiger partial charge in [-0.2, -0.15) is 0 Å². The molecule has 0 N–H and O–H groups in total. The number of hydrogen-bond donors (Lipinski definition) is 0. The Hall–Kier alpha value is -0.575. The molecule has 2 rings (SSSR count). The van der Waals surface area contributed by atoms with Crippen molar-refractivity contribution in [1.82, 2.24) is 0 Å². The molecule has 1 radical (unpaired) electrons. The smallest absolute Gasteiger partial charge is 0.399 e. The fourth-order valence-corrected chi connectivity index (χ4v) is 1.75. The van der Waals surface area contributed by atoms with Crippen LogP contribution in [0.5, 0.6) is 0 Å². The Balaban J connectivity index is 2.32. The van der Waals surface area contributed by atoms with E-state index in [2.05, 4.69) is 6.07 Å². The van der Waals surface area contributed by atoms with Crippen LogP contribution in [-0.4, -0.2) is 18.3 Å². The molecule has 1 aromatic carbocycles. The average molecular weight is 256 g/mol. The minimum atomic E-state index is -0.714. The molecule has 2 nitrogen and oxygen atoms in total. The lowest BCUT2D eigenvalue weighted by Gasteiger charge is -2.32. The van der Waals surface area contributed by atoms with Gasteiger partial charge in [0.2, 0.25) is 0 Å². The highest BCUT2D eigenvalue weighted by molar-refractivity contribution is 6.62. The zero-order valence-corrected chi connectivity index (χ0v) is 11.1. The third-order valence-corrected chi connectivity index (χ3v) is 3.62. The van der Waals surface area contributed by atoms with Crippen molar-refractivity contribution in [2.75, 3.05) is 0 Å². The van der Waals surface area contributed by atoms with Crippen LogP contribution in [0, 0.1) is 11.9 Å². The molecule has 0 atom stereocenters. The molecule has 5 heteroatoms. The van der Waals surface area contributed by atoms with E-state index in [1.54, 1.807) is 0 Å². The molecule has 1 aromatic rings. The van der Waals surface area contributed by atoms with Crippen LogP contribution in [-0.2, 0) is 9.31 Å². The maximum Gasteiger partial charge on any atom is 0.497 e. The SMILES string of the molecule is CC1(C)OB(c2c[c]c(Cl)cc2F)OC1(C)C. The van der Waals surface area contributed by atoms with Crippen LogP contribution in [0.25, 0.3) is 0 Å². The Kier molecular flexibility index (Phi) is 3.01. The average Bonchev–Trinajstić information content (AvgIpc) is 2.35. The maximum absolute atomic E-state index is 13.7. The molecule has 0 aromatic heterocycles. The molecule has 91 valence electrons. The fourth-order valence-electron chi connectivity index (χ4n) is 1.60. The minimum absolute atomic E-state index is 0.239. The number of halogens is 2. The van der Waals surface area contributed by atoms with Gasteiger partial charge < -0.3 is 9.31 Å². The van der Waals surface area contributed by atoms with Crippen LogP contribution < -0.4 is 5.46 Å². The van der Waals surface area contributed by atoms with Crippen molar-refractivity contribution in [3.63, 3.8) is 0 Å². The second kappa shape index (κ2) is 3.97. The van der Waals surface area contributed by atoms with Crippen LogP contribution in [0.1, 0.15) is 27.7 Å². The Labute approximate surface area is 106 Å². The third-order valence-electron chi connectivity index (χ3n) is 3.40. The zero-order valence-electron chi connectivity index (χ0n) is 10.3. The molecule has 1 fully saturated rings. The van der Waals surface area contributed by atoms with Crippen molar-refractivity contribution < 1.29 is 13.7 Å². The van der Waals surface area contributed by atoms with E-state index in [1.807, 2.05) is 27.7 Å². The highest BCUT2D eigenvalue weighted by Gasteiger charge is 2.52. The maximum atomic E-state index is 13.7. The highest BCUT2D eigenvalue weighted by atomic mass is 35.5. The van der Waals surface area contributed by atoms with Gasteiger partial charge in [0.05, 0.1) is 16.2 Å². The summed E-state index contributed by atoms with van der Waals surface area (Å²) in [6, 6.07) is 5.42. The van der Waals surface area contributed by atoms with Gasteiger partial charge in [-0.1, -0.05) is 17.7 Å². The summed E-state index contributed by atoms with van der Waals surface area (Å²) < 4.78 is 25.2. The van der Waals surface area contributed by atoms with E-state index in [0.29, 0.717) is 5.46 Å². The fraction of sp³-hybridized carbons (Fsp3) is 0.500. The molecule has 1 aliphatic rings. The van der Waals surface area contributed by atoms with E-state index >= 15 is 0 Å². The van der Waals surface area contributed by atoms with Crippen molar-refractivity contribution >= 4 is 24.2 Å². The van der Waals surface area contributed by atoms with Gasteiger partial charge >= 0.3 is 7.12 Å². The predicted octanol–water partition coefficient (Wildman–Crippen LogP) is 2.58. The summed E-state index contributed by atoms with van der Waals surface area (Å²) in [5.41, 5.74) is -0.638. The van der Waals surface area contributed by atoms with E-state index in [0.717, 1.165) is 0 Å². The quantitative estimate of drug-likeness (QED) is 0.718. The zero-order chi connectivity index (χ0) is 12.8. The van der Waals surface area contributed by atoms with Crippen LogP contribution in [0.4, 0.5) is 4.39 Å². The van der Waals surface area contributed by atoms with Gasteiger partial charge in [-0.3, -0.25) is 0 Å². The molecule has 0 aliphatic carbocycles. The van der Waals surface area contributed by atoms with Crippen molar-refractivity contribution in [3.8, 4) is 0 Å². The minimum Gasteiger partial charge on any atom is -0.399 e. The molecule has 0 saturated carbocycles. The molecular weight excluding hydrogens is 241 g/mol. The lowest BCUT2D eigenvalue weighted by molar-refractivity contribution is 0.00578. The summed E-state index contributed by atoms with van der Waals surface area (Å²) in [5.74, 6) is -0.438. The molecule has 1 heterocycles. The molecule has 0 bridgehead atoms. The van der Waals surface area contributed by atoms with Gasteiger partial charge in [0.1, 0.15) is 5.82 Å². The third kappa shape index (κ3) is 2.22. The lowest BCUT2D eigenvalue weighted by atomic mass is 9.79. The van der Waals surface area contributed by atoms with E-state index in [-0.39, 0.29) is 5.02 Å². The first-order valence-corrected chi connectivity index (χ1v) is 5.83. The normalized spacial score (nSPS) is 21.9. The van der Waals surface area contributed by atoms with Gasteiger partial charge in [-0.05, 0) is 33.8 Å². The first-order valence-electron chi connectivity index (χ1n) is 5.45. The van der Waals surface area contributed by atoms with Crippen molar-refractivity contribution in [1.29, 1.82) is 0 Å². The Morgan fingerprint density at radius 3 is 2.24 bits per heavy atom. The van der Waals surface area contributed by atoms with Gasteiger partial charge in [0.25, 0.3) is 0 Å². The number of hydrogen-bond acceptors (Lipinski definition) is 2. The highest BCUT2D eigenvalue weighted by Crippen LogP contribution is 2.36. The summed E-state index contributed by atoms with van der Waals surface area (Å²) >= 11 is 5.66. The monoisotopic (exact) mass is 255 g/mol. The van der Waals surface area contributed by atoms with E-state index in [9.17, 15) is 4.39 Å². The predicted molar refractivity (Wildman–Crippen MR) is 66.0 cm³/mol. The molecule has 0 amide bonds. The first kappa shape index (κ1) is 12.9. The second-order valence-electron chi connectivity index (χ2n) is 5.17. The molecule has 17 heavy (non-hydrogen) atoms. The summed E-state index contributed by atoms with van der Waals surface area (Å²) in [6.07, 6.45) is 0. The molecule has 0 spiro atoms. The summed E-state index contributed by atoms with van der Waals surface area (Å²) in [4.78, 5) is 0. The first-order chi connectivity index (χ1) is 7.73. The van der Waals surface area contributed by atoms with E-state index in [4.69, 9.17) is 20.9 Å². The Morgan fingerprint density at radius 1 is 1.24 bits per heavy atom. The summed E-state index contributed by atoms with van der Waals surface area (Å²) in [5, 5.41) is 0.239. The van der Waals surface area contributed by atoms with Crippen LogP contribution in [0.15, 0.2) is 12.1 Å². The van der Waals surface area contributed by atoms with Crippen molar-refractivity contribution in [3.05, 3.63) is 29.0 Å². The number of benzene rings is 1. The van der Waals surface area contributed by atoms with Crippen LogP contribution in [0.2, 0.25) is 5.02 Å². The van der Waals surface area contributed by atoms with Crippen molar-refractivity contribution in [2.24, 2.45) is 0 Å². The van der Waals surface area contributed by atoms with Crippen LogP contribution >= 0.6 is 11.6 Å². The van der Waals surface area contributed by atoms with Gasteiger partial charge in [0.15, 0.2) is 0 Å². The second-order valence-corrected chi connectivity index (χ2v) is 5.58. The topological polar surface area (TPSA) is 18.5 Å². The molecule has 1 aliphatic heterocycles.